The first-order valence-corrected chi connectivity index (χ1v) is 7.04. The monoisotopic (exact) mass is 337 g/mol. The van der Waals surface area contributed by atoms with Crippen LogP contribution in [0.2, 0.25) is 0 Å². The predicted molar refractivity (Wildman–Crippen MR) is 69.7 cm³/mol. The summed E-state index contributed by atoms with van der Waals surface area (Å²) < 4.78 is 37.3. The summed E-state index contributed by atoms with van der Waals surface area (Å²) in [4.78, 5) is 8.21. The van der Waals surface area contributed by atoms with Crippen molar-refractivity contribution in [2.75, 3.05) is 5.73 Å². The molecule has 2 rings (SSSR count). The Hall–Kier alpha value is -0.850. The molecule has 0 aliphatic heterocycles. The van der Waals surface area contributed by atoms with Crippen LogP contribution in [0.4, 0.5) is 19.0 Å². The minimum absolute atomic E-state index is 0.180. The van der Waals surface area contributed by atoms with E-state index in [0.717, 1.165) is 31.4 Å². The number of nitrogens with two attached hydrogens (primary N) is 1. The first-order chi connectivity index (χ1) is 8.87. The van der Waals surface area contributed by atoms with Crippen LogP contribution in [-0.4, -0.2) is 16.1 Å². The lowest BCUT2D eigenvalue weighted by molar-refractivity contribution is -0.134. The van der Waals surface area contributed by atoms with Gasteiger partial charge in [0.1, 0.15) is 11.6 Å². The molecule has 0 unspecified atom stereocenters. The second-order valence-electron chi connectivity index (χ2n) is 4.82. The molecule has 1 aliphatic carbocycles. The molecular formula is C12H15BrF3N3. The van der Waals surface area contributed by atoms with E-state index in [0.29, 0.717) is 4.47 Å². The average Bonchev–Trinajstić information content (AvgIpc) is 2.83. The zero-order valence-corrected chi connectivity index (χ0v) is 11.9. The van der Waals surface area contributed by atoms with Crippen LogP contribution in [0.5, 0.6) is 0 Å². The summed E-state index contributed by atoms with van der Waals surface area (Å²) in [5.41, 5.74) is 6.52. The van der Waals surface area contributed by atoms with Crippen LogP contribution in [0, 0.1) is 0 Å². The van der Waals surface area contributed by atoms with Crippen LogP contribution in [0.25, 0.3) is 0 Å². The summed E-state index contributed by atoms with van der Waals surface area (Å²) in [6.07, 6.45) is -1.07. The largest absolute Gasteiger partial charge is 0.389 e. The number of aryl methyl sites for hydroxylation is 1. The van der Waals surface area contributed by atoms with E-state index in [-0.39, 0.29) is 24.0 Å². The standard InChI is InChI=1S/C12H15BrF3N3/c13-9-10(7-3-1-2-4-7)18-8(19-11(9)17)5-6-12(14,15)16/h7H,1-6H2,(H2,17,18,19). The minimum atomic E-state index is -4.20. The summed E-state index contributed by atoms with van der Waals surface area (Å²) in [5.74, 6) is 0.693. The zero-order chi connectivity index (χ0) is 14.0. The molecule has 0 atom stereocenters. The second-order valence-corrected chi connectivity index (χ2v) is 5.61. The predicted octanol–water partition coefficient (Wildman–Crippen LogP) is 3.97. The number of hydrogen-bond donors (Lipinski definition) is 1. The molecule has 1 aliphatic rings. The van der Waals surface area contributed by atoms with E-state index in [1.54, 1.807) is 0 Å². The van der Waals surface area contributed by atoms with Gasteiger partial charge in [0.15, 0.2) is 0 Å². The molecule has 0 radical (unpaired) electrons. The van der Waals surface area contributed by atoms with Crippen LogP contribution in [0.3, 0.4) is 0 Å². The van der Waals surface area contributed by atoms with Crippen molar-refractivity contribution in [1.29, 1.82) is 0 Å². The molecule has 0 amide bonds. The third-order valence-electron chi connectivity index (χ3n) is 3.32. The van der Waals surface area contributed by atoms with Crippen molar-refractivity contribution >= 4 is 21.7 Å². The first-order valence-electron chi connectivity index (χ1n) is 6.25. The Morgan fingerprint density at radius 3 is 2.42 bits per heavy atom. The van der Waals surface area contributed by atoms with E-state index in [1.807, 2.05) is 0 Å². The van der Waals surface area contributed by atoms with Crippen molar-refractivity contribution in [3.05, 3.63) is 16.0 Å². The number of rotatable bonds is 3. The Bertz CT molecular complexity index is 456. The third-order valence-corrected chi connectivity index (χ3v) is 4.14. The fraction of sp³-hybridized carbons (Fsp3) is 0.667. The van der Waals surface area contributed by atoms with Crippen molar-refractivity contribution < 1.29 is 13.2 Å². The molecule has 7 heteroatoms. The Kier molecular flexibility index (Phi) is 4.32. The van der Waals surface area contributed by atoms with Gasteiger partial charge in [-0.15, -0.1) is 0 Å². The van der Waals surface area contributed by atoms with Gasteiger partial charge in [0.25, 0.3) is 0 Å². The molecule has 106 valence electrons. The Labute approximate surface area is 117 Å². The number of hydrogen-bond acceptors (Lipinski definition) is 3. The first kappa shape index (κ1) is 14.6. The highest BCUT2D eigenvalue weighted by Crippen LogP contribution is 2.38. The van der Waals surface area contributed by atoms with E-state index < -0.39 is 12.6 Å². The molecule has 0 spiro atoms. The Morgan fingerprint density at radius 2 is 1.84 bits per heavy atom. The van der Waals surface area contributed by atoms with Crippen molar-refractivity contribution in [2.24, 2.45) is 0 Å². The van der Waals surface area contributed by atoms with E-state index in [9.17, 15) is 13.2 Å². The van der Waals surface area contributed by atoms with Crippen molar-refractivity contribution in [3.63, 3.8) is 0 Å². The van der Waals surface area contributed by atoms with Crippen LogP contribution >= 0.6 is 15.9 Å². The van der Waals surface area contributed by atoms with Crippen LogP contribution in [0.1, 0.15) is 49.5 Å². The van der Waals surface area contributed by atoms with Crippen LogP contribution in [-0.2, 0) is 6.42 Å². The van der Waals surface area contributed by atoms with Crippen molar-refractivity contribution in [2.45, 2.75) is 50.6 Å². The number of halogens is 4. The molecule has 1 fully saturated rings. The summed E-state index contributed by atoms with van der Waals surface area (Å²) in [6, 6.07) is 0. The quantitative estimate of drug-likeness (QED) is 0.907. The highest BCUT2D eigenvalue weighted by atomic mass is 79.9. The smallest absolute Gasteiger partial charge is 0.383 e. The second kappa shape index (κ2) is 5.64. The summed E-state index contributed by atoms with van der Waals surface area (Å²) >= 11 is 3.34. The van der Waals surface area contributed by atoms with Crippen LogP contribution < -0.4 is 5.73 Å². The molecule has 19 heavy (non-hydrogen) atoms. The molecule has 0 bridgehead atoms. The van der Waals surface area contributed by atoms with Gasteiger partial charge in [-0.05, 0) is 28.8 Å². The van der Waals surface area contributed by atoms with Gasteiger partial charge in [-0.3, -0.25) is 0 Å². The minimum Gasteiger partial charge on any atom is -0.383 e. The molecular weight excluding hydrogens is 323 g/mol. The fourth-order valence-corrected chi connectivity index (χ4v) is 2.87. The topological polar surface area (TPSA) is 51.8 Å². The SMILES string of the molecule is Nc1nc(CCC(F)(F)F)nc(C2CCCC2)c1Br. The lowest BCUT2D eigenvalue weighted by Gasteiger charge is -2.14. The maximum atomic E-state index is 12.2. The zero-order valence-electron chi connectivity index (χ0n) is 10.3. The summed E-state index contributed by atoms with van der Waals surface area (Å²) in [6.45, 7) is 0. The molecule has 1 saturated carbocycles. The van der Waals surface area contributed by atoms with Crippen molar-refractivity contribution in [3.8, 4) is 0 Å². The van der Waals surface area contributed by atoms with Gasteiger partial charge in [0, 0.05) is 12.3 Å². The molecule has 1 aromatic rings. The van der Waals surface area contributed by atoms with E-state index in [1.165, 1.54) is 0 Å². The van der Waals surface area contributed by atoms with Crippen LogP contribution in [0.15, 0.2) is 4.47 Å². The number of alkyl halides is 3. The number of anilines is 1. The number of nitrogens with zero attached hydrogens (tertiary/aromatic N) is 2. The molecule has 0 saturated heterocycles. The van der Waals surface area contributed by atoms with Gasteiger partial charge in [-0.1, -0.05) is 12.8 Å². The molecule has 3 nitrogen and oxygen atoms in total. The van der Waals surface area contributed by atoms with Gasteiger partial charge in [-0.2, -0.15) is 13.2 Å². The van der Waals surface area contributed by atoms with E-state index in [2.05, 4.69) is 25.9 Å². The van der Waals surface area contributed by atoms with Gasteiger partial charge >= 0.3 is 6.18 Å². The molecule has 0 aromatic carbocycles. The van der Waals surface area contributed by atoms with Crippen molar-refractivity contribution in [1.82, 2.24) is 9.97 Å². The van der Waals surface area contributed by atoms with E-state index >= 15 is 0 Å². The van der Waals surface area contributed by atoms with Gasteiger partial charge in [0.05, 0.1) is 16.6 Å². The molecule has 1 aromatic heterocycles. The highest BCUT2D eigenvalue weighted by Gasteiger charge is 2.28. The normalized spacial score (nSPS) is 17.1. The molecule has 1 heterocycles. The van der Waals surface area contributed by atoms with Gasteiger partial charge < -0.3 is 5.73 Å². The number of nitrogen functional groups attached to an aromatic ring is 1. The maximum absolute atomic E-state index is 12.2. The molecule has 2 N–H and O–H groups in total. The highest BCUT2D eigenvalue weighted by molar-refractivity contribution is 9.10. The lowest BCUT2D eigenvalue weighted by Crippen LogP contribution is -2.13. The summed E-state index contributed by atoms with van der Waals surface area (Å²) in [7, 11) is 0. The number of aromatic nitrogens is 2. The maximum Gasteiger partial charge on any atom is 0.389 e. The third kappa shape index (κ3) is 3.81. The van der Waals surface area contributed by atoms with Gasteiger partial charge in [0.2, 0.25) is 0 Å². The average molecular weight is 338 g/mol. The van der Waals surface area contributed by atoms with Gasteiger partial charge in [-0.25, -0.2) is 9.97 Å². The summed E-state index contributed by atoms with van der Waals surface area (Å²) in [5, 5.41) is 0. The Balaban J connectivity index is 2.21. The lowest BCUT2D eigenvalue weighted by atomic mass is 10.0. The Morgan fingerprint density at radius 1 is 1.21 bits per heavy atom. The fourth-order valence-electron chi connectivity index (χ4n) is 2.37. The van der Waals surface area contributed by atoms with E-state index in [4.69, 9.17) is 5.73 Å².